The quantitative estimate of drug-likeness (QED) is 0.782. The summed E-state index contributed by atoms with van der Waals surface area (Å²) in [6.07, 6.45) is 1.08. The molecule has 1 unspecified atom stereocenters. The van der Waals surface area contributed by atoms with Gasteiger partial charge in [0.1, 0.15) is 5.02 Å². The maximum atomic E-state index is 11.4. The zero-order valence-corrected chi connectivity index (χ0v) is 9.11. The zero-order chi connectivity index (χ0) is 12.1. The van der Waals surface area contributed by atoms with Crippen molar-refractivity contribution in [3.05, 3.63) is 27.4 Å². The van der Waals surface area contributed by atoms with Crippen LogP contribution in [0.4, 0.5) is 0 Å². The van der Waals surface area contributed by atoms with Crippen LogP contribution in [0.2, 0.25) is 5.02 Å². The number of hydrogen-bond donors (Lipinski definition) is 1. The van der Waals surface area contributed by atoms with E-state index < -0.39 is 17.4 Å². The summed E-state index contributed by atoms with van der Waals surface area (Å²) in [4.78, 5) is 28.5. The first kappa shape index (κ1) is 12.2. The molecule has 1 N–H and O–H groups in total. The van der Waals surface area contributed by atoms with Gasteiger partial charge >= 0.3 is 5.97 Å². The third-order valence-corrected chi connectivity index (χ3v) is 2.11. The van der Waals surface area contributed by atoms with E-state index in [0.29, 0.717) is 0 Å². The number of rotatable bonds is 3. The second-order valence-corrected chi connectivity index (χ2v) is 3.12. The molecule has 0 aliphatic rings. The molecule has 0 amide bonds. The van der Waals surface area contributed by atoms with Crippen molar-refractivity contribution in [2.75, 3.05) is 6.61 Å². The van der Waals surface area contributed by atoms with Crippen LogP contribution >= 0.6 is 11.6 Å². The third-order valence-electron chi connectivity index (χ3n) is 1.75. The number of halogens is 1. The molecule has 0 radical (unpaired) electrons. The minimum absolute atomic E-state index is 0.0913. The Bertz CT molecular complexity index is 492. The van der Waals surface area contributed by atoms with E-state index in [2.05, 4.69) is 14.7 Å². The van der Waals surface area contributed by atoms with Crippen molar-refractivity contribution in [3.63, 3.8) is 0 Å². The first-order chi connectivity index (χ1) is 7.61. The smallest absolute Gasteiger partial charge is 0.329 e. The Balaban J connectivity index is 3.15. The Hall–Kier alpha value is -1.87. The number of esters is 1. The van der Waals surface area contributed by atoms with Crippen LogP contribution in [-0.2, 0) is 9.53 Å². The number of carbonyl (C=O) groups is 1. The van der Waals surface area contributed by atoms with Crippen LogP contribution in [-0.4, -0.2) is 22.5 Å². The third kappa shape index (κ3) is 2.38. The molecular weight excluding hydrogens is 234 g/mol. The van der Waals surface area contributed by atoms with Crippen molar-refractivity contribution in [3.8, 4) is 6.07 Å². The molecule has 0 aliphatic carbocycles. The maximum absolute atomic E-state index is 11.4. The van der Waals surface area contributed by atoms with E-state index in [1.54, 1.807) is 13.0 Å². The largest absolute Gasteiger partial charge is 0.465 e. The summed E-state index contributed by atoms with van der Waals surface area (Å²) in [5.41, 5.74) is -0.692. The Morgan fingerprint density at radius 1 is 1.81 bits per heavy atom. The summed E-state index contributed by atoms with van der Waals surface area (Å²) in [6.45, 7) is 1.75. The molecule has 6 nitrogen and oxygen atoms in total. The minimum atomic E-state index is -1.28. The van der Waals surface area contributed by atoms with E-state index in [1.165, 1.54) is 0 Å². The van der Waals surface area contributed by atoms with Crippen LogP contribution in [0.3, 0.4) is 0 Å². The number of nitrogens with one attached hydrogen (secondary N) is 1. The number of aromatic nitrogens is 2. The van der Waals surface area contributed by atoms with Crippen molar-refractivity contribution in [2.24, 2.45) is 0 Å². The molecule has 0 aliphatic heterocycles. The van der Waals surface area contributed by atoms with Gasteiger partial charge in [0.15, 0.2) is 5.92 Å². The highest BCUT2D eigenvalue weighted by atomic mass is 35.5. The van der Waals surface area contributed by atoms with Gasteiger partial charge in [0.2, 0.25) is 0 Å². The second kappa shape index (κ2) is 5.28. The lowest BCUT2D eigenvalue weighted by Crippen LogP contribution is -2.20. The number of aromatic amines is 1. The van der Waals surface area contributed by atoms with Crippen LogP contribution in [0.25, 0.3) is 0 Å². The van der Waals surface area contributed by atoms with Crippen molar-refractivity contribution in [2.45, 2.75) is 12.8 Å². The van der Waals surface area contributed by atoms with Gasteiger partial charge in [-0.25, -0.2) is 4.98 Å². The summed E-state index contributed by atoms with van der Waals surface area (Å²) in [6, 6.07) is 1.70. The Morgan fingerprint density at radius 2 is 2.50 bits per heavy atom. The van der Waals surface area contributed by atoms with E-state index in [0.717, 1.165) is 6.33 Å². The van der Waals surface area contributed by atoms with Gasteiger partial charge in [0, 0.05) is 0 Å². The maximum Gasteiger partial charge on any atom is 0.329 e. The van der Waals surface area contributed by atoms with Gasteiger partial charge < -0.3 is 9.72 Å². The molecule has 16 heavy (non-hydrogen) atoms. The van der Waals surface area contributed by atoms with Crippen molar-refractivity contribution in [1.82, 2.24) is 9.97 Å². The molecule has 7 heteroatoms. The average molecular weight is 242 g/mol. The molecule has 0 saturated carbocycles. The lowest BCUT2D eigenvalue weighted by atomic mass is 10.1. The fourth-order valence-corrected chi connectivity index (χ4v) is 1.26. The van der Waals surface area contributed by atoms with Gasteiger partial charge in [-0.15, -0.1) is 0 Å². The summed E-state index contributed by atoms with van der Waals surface area (Å²) >= 11 is 5.65. The average Bonchev–Trinajstić information content (AvgIpc) is 2.25. The van der Waals surface area contributed by atoms with Gasteiger partial charge in [0.25, 0.3) is 5.56 Å². The highest BCUT2D eigenvalue weighted by Crippen LogP contribution is 2.19. The lowest BCUT2D eigenvalue weighted by Gasteiger charge is -2.07. The number of H-pyrrole nitrogens is 1. The van der Waals surface area contributed by atoms with E-state index in [-0.39, 0.29) is 17.3 Å². The predicted octanol–water partition coefficient (Wildman–Crippen LogP) is 0.594. The molecule has 0 aromatic carbocycles. The van der Waals surface area contributed by atoms with Gasteiger partial charge in [-0.3, -0.25) is 9.59 Å². The molecule has 0 bridgehead atoms. The van der Waals surface area contributed by atoms with Crippen molar-refractivity contribution in [1.29, 1.82) is 5.26 Å². The van der Waals surface area contributed by atoms with Crippen molar-refractivity contribution < 1.29 is 9.53 Å². The van der Waals surface area contributed by atoms with E-state index >= 15 is 0 Å². The molecule has 84 valence electrons. The number of carbonyl (C=O) groups excluding carboxylic acids is 1. The van der Waals surface area contributed by atoms with Crippen LogP contribution in [0, 0.1) is 11.3 Å². The zero-order valence-electron chi connectivity index (χ0n) is 8.36. The highest BCUT2D eigenvalue weighted by molar-refractivity contribution is 6.31. The van der Waals surface area contributed by atoms with Gasteiger partial charge in [-0.1, -0.05) is 11.6 Å². The minimum Gasteiger partial charge on any atom is -0.465 e. The standard InChI is InChI=1S/C9H8ClN3O3/c1-2-16-9(15)5(3-11)7-6(10)8(14)13-4-12-7/h4-5H,2H2,1H3,(H,12,13,14). The van der Waals surface area contributed by atoms with E-state index in [1.807, 2.05) is 0 Å². The number of nitriles is 1. The number of hydrogen-bond acceptors (Lipinski definition) is 5. The predicted molar refractivity (Wildman–Crippen MR) is 54.9 cm³/mol. The van der Waals surface area contributed by atoms with Gasteiger partial charge in [0.05, 0.1) is 24.7 Å². The highest BCUT2D eigenvalue weighted by Gasteiger charge is 2.26. The molecule has 1 aromatic rings. The monoisotopic (exact) mass is 241 g/mol. The molecule has 1 heterocycles. The summed E-state index contributed by atoms with van der Waals surface area (Å²) in [5, 5.41) is 8.55. The summed E-state index contributed by atoms with van der Waals surface area (Å²) < 4.78 is 4.67. The van der Waals surface area contributed by atoms with Crippen LogP contribution in [0.5, 0.6) is 0 Å². The lowest BCUT2D eigenvalue weighted by molar-refractivity contribution is -0.143. The first-order valence-corrected chi connectivity index (χ1v) is 4.79. The topological polar surface area (TPSA) is 95.8 Å². The molecule has 0 saturated heterocycles. The number of nitrogens with zero attached hydrogens (tertiary/aromatic N) is 2. The van der Waals surface area contributed by atoms with Gasteiger partial charge in [-0.05, 0) is 6.92 Å². The van der Waals surface area contributed by atoms with Crippen LogP contribution in [0.15, 0.2) is 11.1 Å². The Morgan fingerprint density at radius 3 is 3.06 bits per heavy atom. The molecule has 1 aromatic heterocycles. The molecule has 0 fully saturated rings. The first-order valence-electron chi connectivity index (χ1n) is 4.41. The Labute approximate surface area is 95.8 Å². The van der Waals surface area contributed by atoms with Crippen LogP contribution < -0.4 is 5.56 Å². The van der Waals surface area contributed by atoms with Gasteiger partial charge in [-0.2, -0.15) is 5.26 Å². The second-order valence-electron chi connectivity index (χ2n) is 2.75. The van der Waals surface area contributed by atoms with E-state index in [9.17, 15) is 9.59 Å². The SMILES string of the molecule is CCOC(=O)C(C#N)c1nc[nH]c(=O)c1Cl. The molecular formula is C9H8ClN3O3. The van der Waals surface area contributed by atoms with Crippen LogP contribution in [0.1, 0.15) is 18.5 Å². The fourth-order valence-electron chi connectivity index (χ4n) is 1.05. The van der Waals surface area contributed by atoms with E-state index in [4.69, 9.17) is 16.9 Å². The number of ether oxygens (including phenoxy) is 1. The van der Waals surface area contributed by atoms with Crippen molar-refractivity contribution >= 4 is 17.6 Å². The molecule has 1 atom stereocenters. The molecule has 0 spiro atoms. The molecule has 1 rings (SSSR count). The fraction of sp³-hybridized carbons (Fsp3) is 0.333. The summed E-state index contributed by atoms with van der Waals surface area (Å²) in [7, 11) is 0. The summed E-state index contributed by atoms with van der Waals surface area (Å²) in [5.74, 6) is -2.06. The normalized spacial score (nSPS) is 11.6. The Kier molecular flexibility index (Phi) is 4.03.